The highest BCUT2D eigenvalue weighted by Gasteiger charge is 2.42. The fourth-order valence-electron chi connectivity index (χ4n) is 2.75. The number of nitrogens with two attached hydrogens (primary N) is 1. The lowest BCUT2D eigenvalue weighted by Crippen LogP contribution is -2.35. The Bertz CT molecular complexity index is 617. The topological polar surface area (TPSA) is 77.2 Å². The predicted octanol–water partition coefficient (Wildman–Crippen LogP) is 4.48. The van der Waals surface area contributed by atoms with Gasteiger partial charge in [-0.05, 0) is 45.7 Å². The largest absolute Gasteiger partial charge is 0.444 e. The Hall–Kier alpha value is -1.92. The van der Waals surface area contributed by atoms with Crippen molar-refractivity contribution >= 4 is 17.6 Å². The number of halogens is 2. The van der Waals surface area contributed by atoms with Crippen LogP contribution in [0.4, 0.5) is 25.1 Å². The monoisotopic (exact) mass is 341 g/mol. The average Bonchev–Trinajstić information content (AvgIpc) is 2.43. The molecule has 0 radical (unpaired) electrons. The molecule has 0 saturated heterocycles. The third kappa shape index (κ3) is 4.55. The van der Waals surface area contributed by atoms with Crippen molar-refractivity contribution in [3.05, 3.63) is 17.8 Å². The Morgan fingerprint density at radius 2 is 1.83 bits per heavy atom. The molecule has 1 heterocycles. The van der Waals surface area contributed by atoms with Crippen LogP contribution >= 0.6 is 0 Å². The molecular formula is C17H25F2N3O2. The highest BCUT2D eigenvalue weighted by Crippen LogP contribution is 2.45. The normalized spacial score (nSPS) is 19.6. The van der Waals surface area contributed by atoms with Gasteiger partial charge in [0.1, 0.15) is 11.4 Å². The minimum absolute atomic E-state index is 0.150. The summed E-state index contributed by atoms with van der Waals surface area (Å²) in [6.07, 6.45) is -0.213. The van der Waals surface area contributed by atoms with E-state index in [-0.39, 0.29) is 18.7 Å². The second-order valence-corrected chi connectivity index (χ2v) is 7.67. The number of carbonyl (C=O) groups excluding carboxylic acids is 1. The van der Waals surface area contributed by atoms with Crippen LogP contribution in [0.1, 0.15) is 59.1 Å². The van der Waals surface area contributed by atoms with E-state index in [1.165, 1.54) is 0 Å². The Labute approximate surface area is 141 Å². The molecule has 5 nitrogen and oxygen atoms in total. The Balaban J connectivity index is 2.11. The highest BCUT2D eigenvalue weighted by atomic mass is 19.3. The first-order valence-electron chi connectivity index (χ1n) is 8.05. The summed E-state index contributed by atoms with van der Waals surface area (Å²) >= 11 is 0. The van der Waals surface area contributed by atoms with Crippen molar-refractivity contribution in [1.29, 1.82) is 0 Å². The van der Waals surface area contributed by atoms with Gasteiger partial charge in [0.25, 0.3) is 0 Å². The van der Waals surface area contributed by atoms with Gasteiger partial charge >= 0.3 is 6.09 Å². The van der Waals surface area contributed by atoms with Crippen LogP contribution in [-0.4, -0.2) is 22.6 Å². The maximum atomic E-state index is 13.4. The van der Waals surface area contributed by atoms with Crippen molar-refractivity contribution in [2.75, 3.05) is 11.1 Å². The van der Waals surface area contributed by atoms with E-state index >= 15 is 0 Å². The number of pyridine rings is 1. The lowest BCUT2D eigenvalue weighted by atomic mass is 9.72. The summed E-state index contributed by atoms with van der Waals surface area (Å²) in [5.41, 5.74) is 5.89. The summed E-state index contributed by atoms with van der Waals surface area (Å²) in [7, 11) is 0. The molecule has 2 rings (SSSR count). The minimum atomic E-state index is -2.59. The van der Waals surface area contributed by atoms with Gasteiger partial charge in [-0.15, -0.1) is 0 Å². The SMILES string of the molecule is CC(C)(C)OC(=O)Nc1ccc(C2(C)CCC(F)(F)CC2)nc1N. The van der Waals surface area contributed by atoms with Crippen molar-refractivity contribution in [3.63, 3.8) is 0 Å². The smallest absolute Gasteiger partial charge is 0.412 e. The summed E-state index contributed by atoms with van der Waals surface area (Å²) < 4.78 is 31.9. The van der Waals surface area contributed by atoms with Crippen LogP contribution < -0.4 is 11.1 Å². The number of carbonyl (C=O) groups is 1. The lowest BCUT2D eigenvalue weighted by molar-refractivity contribution is -0.0502. The number of nitrogens with zero attached hydrogens (tertiary/aromatic N) is 1. The molecule has 1 aromatic heterocycles. The van der Waals surface area contributed by atoms with Crippen molar-refractivity contribution in [2.45, 2.75) is 70.3 Å². The average molecular weight is 341 g/mol. The first-order chi connectivity index (χ1) is 10.9. The van der Waals surface area contributed by atoms with Crippen molar-refractivity contribution in [3.8, 4) is 0 Å². The second-order valence-electron chi connectivity index (χ2n) is 7.67. The number of hydrogen-bond donors (Lipinski definition) is 2. The Morgan fingerprint density at radius 1 is 1.25 bits per heavy atom. The number of rotatable bonds is 2. The molecule has 1 aliphatic carbocycles. The van der Waals surface area contributed by atoms with Crippen molar-refractivity contribution in [1.82, 2.24) is 4.98 Å². The molecule has 134 valence electrons. The summed E-state index contributed by atoms with van der Waals surface area (Å²) in [6, 6.07) is 3.37. The van der Waals surface area contributed by atoms with Gasteiger partial charge in [-0.2, -0.15) is 0 Å². The number of alkyl halides is 2. The van der Waals surface area contributed by atoms with Crippen LogP contribution in [0, 0.1) is 0 Å². The van der Waals surface area contributed by atoms with Crippen molar-refractivity contribution < 1.29 is 18.3 Å². The molecule has 0 unspecified atom stereocenters. The molecule has 0 atom stereocenters. The molecule has 1 amide bonds. The molecular weight excluding hydrogens is 316 g/mol. The van der Waals surface area contributed by atoms with Gasteiger partial charge in [0.2, 0.25) is 5.92 Å². The molecule has 1 aliphatic rings. The van der Waals surface area contributed by atoms with E-state index < -0.39 is 23.0 Å². The van der Waals surface area contributed by atoms with Gasteiger partial charge < -0.3 is 10.5 Å². The first-order valence-corrected chi connectivity index (χ1v) is 8.05. The molecule has 3 N–H and O–H groups in total. The van der Waals surface area contributed by atoms with Gasteiger partial charge in [0.15, 0.2) is 0 Å². The fraction of sp³-hybridized carbons (Fsp3) is 0.647. The summed E-state index contributed by atoms with van der Waals surface area (Å²) in [5, 5.41) is 2.55. The van der Waals surface area contributed by atoms with E-state index in [0.29, 0.717) is 24.2 Å². The Morgan fingerprint density at radius 3 is 2.33 bits per heavy atom. The number of hydrogen-bond acceptors (Lipinski definition) is 4. The van der Waals surface area contributed by atoms with Crippen LogP contribution in [0.5, 0.6) is 0 Å². The summed E-state index contributed by atoms with van der Waals surface area (Å²) in [6.45, 7) is 7.20. The van der Waals surface area contributed by atoms with Gasteiger partial charge in [-0.3, -0.25) is 5.32 Å². The van der Waals surface area contributed by atoms with E-state index in [1.54, 1.807) is 32.9 Å². The van der Waals surface area contributed by atoms with E-state index in [2.05, 4.69) is 10.3 Å². The van der Waals surface area contributed by atoms with Crippen molar-refractivity contribution in [2.24, 2.45) is 0 Å². The minimum Gasteiger partial charge on any atom is -0.444 e. The molecule has 0 aromatic carbocycles. The Kier molecular flexibility index (Phi) is 4.74. The molecule has 0 aliphatic heterocycles. The maximum absolute atomic E-state index is 13.4. The fourth-order valence-corrected chi connectivity index (χ4v) is 2.75. The number of amides is 1. The van der Waals surface area contributed by atoms with Crippen LogP contribution in [0.25, 0.3) is 0 Å². The number of ether oxygens (including phenoxy) is 1. The lowest BCUT2D eigenvalue weighted by Gasteiger charge is -2.37. The molecule has 1 aromatic rings. The van der Waals surface area contributed by atoms with E-state index in [4.69, 9.17) is 10.5 Å². The highest BCUT2D eigenvalue weighted by molar-refractivity contribution is 5.88. The summed E-state index contributed by atoms with van der Waals surface area (Å²) in [4.78, 5) is 16.1. The zero-order valence-electron chi connectivity index (χ0n) is 14.6. The van der Waals surface area contributed by atoms with E-state index in [0.717, 1.165) is 0 Å². The van der Waals surface area contributed by atoms with Gasteiger partial charge in [0.05, 0.1) is 5.69 Å². The van der Waals surface area contributed by atoms with Crippen LogP contribution in [0.15, 0.2) is 12.1 Å². The number of anilines is 2. The molecule has 24 heavy (non-hydrogen) atoms. The van der Waals surface area contributed by atoms with E-state index in [9.17, 15) is 13.6 Å². The standard InChI is InChI=1S/C17H25F2N3O2/c1-15(2,3)24-14(23)21-11-5-6-12(22-13(11)20)16(4)7-9-17(18,19)10-8-16/h5-6H,7-10H2,1-4H3,(H2,20,22)(H,21,23). The van der Waals surface area contributed by atoms with Gasteiger partial charge in [-0.1, -0.05) is 6.92 Å². The predicted molar refractivity (Wildman–Crippen MR) is 89.3 cm³/mol. The van der Waals surface area contributed by atoms with Crippen LogP contribution in [0.2, 0.25) is 0 Å². The molecule has 1 saturated carbocycles. The molecule has 0 spiro atoms. The molecule has 1 fully saturated rings. The van der Waals surface area contributed by atoms with E-state index in [1.807, 2.05) is 6.92 Å². The molecule has 7 heteroatoms. The van der Waals surface area contributed by atoms with Crippen LogP contribution in [-0.2, 0) is 10.2 Å². The number of nitrogens with one attached hydrogen (secondary N) is 1. The second kappa shape index (κ2) is 6.18. The molecule has 0 bridgehead atoms. The zero-order valence-corrected chi connectivity index (χ0v) is 14.6. The third-order valence-corrected chi connectivity index (χ3v) is 4.26. The maximum Gasteiger partial charge on any atom is 0.412 e. The quantitative estimate of drug-likeness (QED) is 0.831. The first kappa shape index (κ1) is 18.4. The third-order valence-electron chi connectivity index (χ3n) is 4.26. The van der Waals surface area contributed by atoms with Gasteiger partial charge in [0, 0.05) is 24.0 Å². The van der Waals surface area contributed by atoms with Crippen LogP contribution in [0.3, 0.4) is 0 Å². The number of aromatic nitrogens is 1. The van der Waals surface area contributed by atoms with Gasteiger partial charge in [-0.25, -0.2) is 18.6 Å². The number of nitrogen functional groups attached to an aromatic ring is 1. The summed E-state index contributed by atoms with van der Waals surface area (Å²) in [5.74, 6) is -2.44. The zero-order chi connectivity index (χ0) is 18.2.